The Morgan fingerprint density at radius 3 is 2.78 bits per heavy atom. The van der Waals surface area contributed by atoms with Gasteiger partial charge in [0.2, 0.25) is 0 Å². The lowest BCUT2D eigenvalue weighted by molar-refractivity contribution is 0.348. The first-order valence-corrected chi connectivity index (χ1v) is 6.70. The summed E-state index contributed by atoms with van der Waals surface area (Å²) in [6.07, 6.45) is 3.67. The van der Waals surface area contributed by atoms with E-state index < -0.39 is 0 Å². The van der Waals surface area contributed by atoms with E-state index in [0.29, 0.717) is 11.9 Å². The van der Waals surface area contributed by atoms with Gasteiger partial charge in [0.25, 0.3) is 0 Å². The summed E-state index contributed by atoms with van der Waals surface area (Å²) >= 11 is 2.19. The number of anilines is 1. The van der Waals surface area contributed by atoms with E-state index in [0.717, 1.165) is 40.7 Å². The topological polar surface area (TPSA) is 81.7 Å². The van der Waals surface area contributed by atoms with Gasteiger partial charge in [-0.05, 0) is 48.5 Å². The molecule has 3 heterocycles. The van der Waals surface area contributed by atoms with Crippen molar-refractivity contribution >= 4 is 51.8 Å². The molecule has 3 N–H and O–H groups in total. The lowest BCUT2D eigenvalue weighted by Gasteiger charge is -2.23. The predicted octanol–water partition coefficient (Wildman–Crippen LogP) is 1.36. The molecule has 0 bridgehead atoms. The van der Waals surface area contributed by atoms with E-state index in [2.05, 4.69) is 43.0 Å². The van der Waals surface area contributed by atoms with Crippen LogP contribution in [0.25, 0.3) is 11.0 Å². The molecule has 1 saturated heterocycles. The zero-order valence-corrected chi connectivity index (χ0v) is 12.6. The number of nitrogens with zero attached hydrogens (tertiary/aromatic N) is 4. The molecule has 0 aromatic carbocycles. The molecule has 18 heavy (non-hydrogen) atoms. The van der Waals surface area contributed by atoms with Crippen molar-refractivity contribution in [1.82, 2.24) is 25.1 Å². The van der Waals surface area contributed by atoms with Gasteiger partial charge in [-0.25, -0.2) is 14.6 Å². The number of nitrogens with one attached hydrogen (secondary N) is 1. The number of nitrogen functional groups attached to an aromatic ring is 1. The Morgan fingerprint density at radius 2 is 2.06 bits per heavy atom. The van der Waals surface area contributed by atoms with Gasteiger partial charge in [0, 0.05) is 0 Å². The van der Waals surface area contributed by atoms with Crippen LogP contribution in [0.3, 0.4) is 0 Å². The highest BCUT2D eigenvalue weighted by molar-refractivity contribution is 14.1. The zero-order chi connectivity index (χ0) is 11.8. The van der Waals surface area contributed by atoms with Crippen molar-refractivity contribution in [1.29, 1.82) is 0 Å². The standard InChI is InChI=1S/C10H13IN6.ClH/c11-8-7-9(12)14-5-15-10(7)17(16-8)6-1-3-13-4-2-6;/h5-6,13H,1-4H2,(H2,12,14,15);1H. The van der Waals surface area contributed by atoms with Crippen molar-refractivity contribution in [3.8, 4) is 0 Å². The third-order valence-corrected chi connectivity index (χ3v) is 3.89. The molecule has 0 unspecified atom stereocenters. The van der Waals surface area contributed by atoms with Crippen LogP contribution in [0, 0.1) is 3.70 Å². The fraction of sp³-hybridized carbons (Fsp3) is 0.500. The molecule has 0 atom stereocenters. The average Bonchev–Trinajstić information content (AvgIpc) is 2.69. The van der Waals surface area contributed by atoms with Crippen LogP contribution in [0.1, 0.15) is 18.9 Å². The first kappa shape index (κ1) is 13.8. The maximum atomic E-state index is 5.88. The maximum Gasteiger partial charge on any atom is 0.164 e. The van der Waals surface area contributed by atoms with Gasteiger partial charge in [-0.1, -0.05) is 0 Å². The Kier molecular flexibility index (Phi) is 4.23. The highest BCUT2D eigenvalue weighted by Crippen LogP contribution is 2.27. The van der Waals surface area contributed by atoms with Crippen LogP contribution >= 0.6 is 35.0 Å². The van der Waals surface area contributed by atoms with Crippen LogP contribution < -0.4 is 11.1 Å². The van der Waals surface area contributed by atoms with Gasteiger partial charge in [-0.3, -0.25) is 0 Å². The van der Waals surface area contributed by atoms with Crippen molar-refractivity contribution in [3.63, 3.8) is 0 Å². The number of fused-ring (bicyclic) bond motifs is 1. The van der Waals surface area contributed by atoms with E-state index in [1.165, 1.54) is 6.33 Å². The van der Waals surface area contributed by atoms with E-state index in [-0.39, 0.29) is 12.4 Å². The number of hydrogen-bond donors (Lipinski definition) is 2. The number of rotatable bonds is 1. The van der Waals surface area contributed by atoms with Crippen LogP contribution in [0.15, 0.2) is 6.33 Å². The molecule has 0 aliphatic carbocycles. The molecule has 8 heteroatoms. The summed E-state index contributed by atoms with van der Waals surface area (Å²) < 4.78 is 2.89. The van der Waals surface area contributed by atoms with E-state index in [1.54, 1.807) is 0 Å². The molecular formula is C10H14ClIN6. The first-order chi connectivity index (χ1) is 8.27. The number of piperidine rings is 1. The Labute approximate surface area is 124 Å². The minimum absolute atomic E-state index is 0. The third kappa shape index (κ3) is 2.26. The predicted molar refractivity (Wildman–Crippen MR) is 80.8 cm³/mol. The summed E-state index contributed by atoms with van der Waals surface area (Å²) in [5.41, 5.74) is 6.73. The summed E-state index contributed by atoms with van der Waals surface area (Å²) in [5, 5.41) is 8.80. The zero-order valence-electron chi connectivity index (χ0n) is 9.64. The maximum absolute atomic E-state index is 5.88. The van der Waals surface area contributed by atoms with E-state index >= 15 is 0 Å². The number of nitrogens with two attached hydrogens (primary N) is 1. The summed E-state index contributed by atoms with van der Waals surface area (Å²) in [6.45, 7) is 2.06. The minimum Gasteiger partial charge on any atom is -0.383 e. The van der Waals surface area contributed by atoms with Gasteiger partial charge < -0.3 is 11.1 Å². The smallest absolute Gasteiger partial charge is 0.164 e. The van der Waals surface area contributed by atoms with Gasteiger partial charge in [0.15, 0.2) is 5.65 Å². The van der Waals surface area contributed by atoms with Crippen molar-refractivity contribution in [3.05, 3.63) is 10.0 Å². The molecule has 98 valence electrons. The molecule has 0 spiro atoms. The van der Waals surface area contributed by atoms with E-state index in [9.17, 15) is 0 Å². The second kappa shape index (κ2) is 5.54. The molecule has 3 rings (SSSR count). The fourth-order valence-corrected chi connectivity index (χ4v) is 3.01. The van der Waals surface area contributed by atoms with Crippen molar-refractivity contribution in [2.45, 2.75) is 18.9 Å². The minimum atomic E-state index is 0. The summed E-state index contributed by atoms with van der Waals surface area (Å²) in [4.78, 5) is 8.34. The molecule has 0 amide bonds. The molecule has 1 aliphatic heterocycles. The van der Waals surface area contributed by atoms with Crippen LogP contribution in [-0.4, -0.2) is 32.8 Å². The highest BCUT2D eigenvalue weighted by Gasteiger charge is 2.21. The molecular weight excluding hydrogens is 367 g/mol. The summed E-state index contributed by atoms with van der Waals surface area (Å²) in [7, 11) is 0. The van der Waals surface area contributed by atoms with Gasteiger partial charge in [-0.2, -0.15) is 5.10 Å². The SMILES string of the molecule is Cl.Nc1ncnc2c1c(I)nn2C1CCNCC1. The molecule has 0 radical (unpaired) electrons. The third-order valence-electron chi connectivity index (χ3n) is 3.13. The van der Waals surface area contributed by atoms with Crippen molar-refractivity contribution in [2.75, 3.05) is 18.8 Å². The summed E-state index contributed by atoms with van der Waals surface area (Å²) in [6, 6.07) is 0.413. The van der Waals surface area contributed by atoms with Gasteiger partial charge in [0.05, 0.1) is 11.4 Å². The van der Waals surface area contributed by atoms with Crippen LogP contribution in [-0.2, 0) is 0 Å². The number of hydrogen-bond acceptors (Lipinski definition) is 5. The highest BCUT2D eigenvalue weighted by atomic mass is 127. The normalized spacial score (nSPS) is 16.7. The number of aromatic nitrogens is 4. The molecule has 0 saturated carbocycles. The van der Waals surface area contributed by atoms with E-state index in [4.69, 9.17) is 5.73 Å². The Balaban J connectivity index is 0.00000120. The monoisotopic (exact) mass is 380 g/mol. The largest absolute Gasteiger partial charge is 0.383 e. The molecule has 1 fully saturated rings. The second-order valence-electron chi connectivity index (χ2n) is 4.17. The Morgan fingerprint density at radius 1 is 1.33 bits per heavy atom. The summed E-state index contributed by atoms with van der Waals surface area (Å²) in [5.74, 6) is 0.514. The second-order valence-corrected chi connectivity index (χ2v) is 5.20. The lowest BCUT2D eigenvalue weighted by atomic mass is 10.1. The van der Waals surface area contributed by atoms with Crippen LogP contribution in [0.5, 0.6) is 0 Å². The van der Waals surface area contributed by atoms with Gasteiger partial charge >= 0.3 is 0 Å². The first-order valence-electron chi connectivity index (χ1n) is 5.62. The Hall–Kier alpha value is -0.670. The lowest BCUT2D eigenvalue weighted by Crippen LogP contribution is -2.30. The van der Waals surface area contributed by atoms with E-state index in [1.807, 2.05) is 4.68 Å². The fourth-order valence-electron chi connectivity index (χ4n) is 2.26. The van der Waals surface area contributed by atoms with Gasteiger partial charge in [0.1, 0.15) is 15.8 Å². The Bertz CT molecular complexity index is 551. The van der Waals surface area contributed by atoms with Crippen molar-refractivity contribution in [2.24, 2.45) is 0 Å². The molecule has 6 nitrogen and oxygen atoms in total. The molecule has 1 aliphatic rings. The molecule has 2 aromatic heterocycles. The van der Waals surface area contributed by atoms with Gasteiger partial charge in [-0.15, -0.1) is 12.4 Å². The quantitative estimate of drug-likeness (QED) is 0.730. The van der Waals surface area contributed by atoms with Crippen LogP contribution in [0.2, 0.25) is 0 Å². The number of halogens is 2. The molecule has 2 aromatic rings. The van der Waals surface area contributed by atoms with Crippen LogP contribution in [0.4, 0.5) is 5.82 Å². The average molecular weight is 381 g/mol. The van der Waals surface area contributed by atoms with Crippen molar-refractivity contribution < 1.29 is 0 Å².